The van der Waals surface area contributed by atoms with Gasteiger partial charge in [-0.15, -0.1) is 11.8 Å². The Labute approximate surface area is 121 Å². The van der Waals surface area contributed by atoms with Gasteiger partial charge >= 0.3 is 0 Å². The van der Waals surface area contributed by atoms with Crippen molar-refractivity contribution in [2.24, 2.45) is 0 Å². The fraction of sp³-hybridized carbons (Fsp3) is 0.0769. The van der Waals surface area contributed by atoms with Crippen molar-refractivity contribution >= 4 is 31.5 Å². The number of benzene rings is 2. The lowest BCUT2D eigenvalue weighted by molar-refractivity contribution is 0.482. The highest BCUT2D eigenvalue weighted by atomic mass is 35.7. The summed E-state index contributed by atoms with van der Waals surface area (Å²) in [5.41, 5.74) is 0. The molecular formula is C13H11ClO3S2. The van der Waals surface area contributed by atoms with Crippen LogP contribution in [-0.4, -0.2) is 14.7 Å². The topological polar surface area (TPSA) is 43.4 Å². The minimum absolute atomic E-state index is 0.0549. The van der Waals surface area contributed by atoms with Crippen LogP contribution in [0.3, 0.4) is 0 Å². The van der Waals surface area contributed by atoms with Gasteiger partial charge < -0.3 is 4.74 Å². The van der Waals surface area contributed by atoms with Gasteiger partial charge in [-0.3, -0.25) is 0 Å². The van der Waals surface area contributed by atoms with Crippen LogP contribution >= 0.6 is 22.4 Å². The molecule has 0 unspecified atom stereocenters. The molecule has 0 N–H and O–H groups in total. The molecule has 0 atom stereocenters. The molecule has 0 fully saturated rings. The summed E-state index contributed by atoms with van der Waals surface area (Å²) < 4.78 is 27.8. The Morgan fingerprint density at radius 1 is 0.947 bits per heavy atom. The van der Waals surface area contributed by atoms with Crippen LogP contribution in [0.5, 0.6) is 11.5 Å². The molecule has 2 aromatic carbocycles. The quantitative estimate of drug-likeness (QED) is 0.628. The molecule has 2 aromatic rings. The number of ether oxygens (including phenoxy) is 1. The Balaban J connectivity index is 2.15. The molecular weight excluding hydrogens is 304 g/mol. The molecule has 0 heterocycles. The van der Waals surface area contributed by atoms with Crippen LogP contribution in [0.25, 0.3) is 0 Å². The van der Waals surface area contributed by atoms with E-state index in [0.717, 1.165) is 4.90 Å². The number of hydrogen-bond donors (Lipinski definition) is 0. The van der Waals surface area contributed by atoms with Gasteiger partial charge in [0.05, 0.1) is 4.90 Å². The average Bonchev–Trinajstić information content (AvgIpc) is 2.39. The second-order valence-electron chi connectivity index (χ2n) is 3.69. The molecule has 2 rings (SSSR count). The van der Waals surface area contributed by atoms with Crippen LogP contribution in [0.15, 0.2) is 58.3 Å². The summed E-state index contributed by atoms with van der Waals surface area (Å²) in [6.07, 6.45) is 2.00. The fourth-order valence-corrected chi connectivity index (χ4v) is 2.63. The maximum absolute atomic E-state index is 11.1. The zero-order valence-corrected chi connectivity index (χ0v) is 12.4. The van der Waals surface area contributed by atoms with E-state index in [2.05, 4.69) is 0 Å². The lowest BCUT2D eigenvalue weighted by Gasteiger charge is -2.06. The highest BCUT2D eigenvalue weighted by Gasteiger charge is 2.09. The van der Waals surface area contributed by atoms with Gasteiger partial charge in [0, 0.05) is 15.6 Å². The Hall–Kier alpha value is -1.17. The molecule has 0 saturated heterocycles. The smallest absolute Gasteiger partial charge is 0.261 e. The Bertz CT molecular complexity index is 649. The van der Waals surface area contributed by atoms with E-state index in [0.29, 0.717) is 11.5 Å². The van der Waals surface area contributed by atoms with E-state index in [1.807, 2.05) is 30.5 Å². The first-order valence-corrected chi connectivity index (χ1v) is 8.89. The predicted octanol–water partition coefficient (Wildman–Crippen LogP) is 4.13. The summed E-state index contributed by atoms with van der Waals surface area (Å²) >= 11 is 1.65. The maximum atomic E-state index is 11.1. The van der Waals surface area contributed by atoms with Gasteiger partial charge in [-0.05, 0) is 54.8 Å². The molecule has 3 nitrogen and oxygen atoms in total. The normalized spacial score (nSPS) is 11.3. The van der Waals surface area contributed by atoms with Crippen molar-refractivity contribution in [2.45, 2.75) is 9.79 Å². The molecule has 0 aromatic heterocycles. The van der Waals surface area contributed by atoms with Crippen molar-refractivity contribution in [2.75, 3.05) is 6.26 Å². The highest BCUT2D eigenvalue weighted by molar-refractivity contribution is 8.13. The van der Waals surface area contributed by atoms with Crippen molar-refractivity contribution in [1.29, 1.82) is 0 Å². The predicted molar refractivity (Wildman–Crippen MR) is 77.8 cm³/mol. The summed E-state index contributed by atoms with van der Waals surface area (Å²) in [4.78, 5) is 1.20. The van der Waals surface area contributed by atoms with Gasteiger partial charge in [-0.2, -0.15) is 0 Å². The van der Waals surface area contributed by atoms with Crippen molar-refractivity contribution in [3.8, 4) is 11.5 Å². The summed E-state index contributed by atoms with van der Waals surface area (Å²) in [5, 5.41) is 0. The second kappa shape index (κ2) is 5.86. The van der Waals surface area contributed by atoms with E-state index in [4.69, 9.17) is 15.4 Å². The van der Waals surface area contributed by atoms with Gasteiger partial charge in [-0.1, -0.05) is 0 Å². The zero-order chi connectivity index (χ0) is 13.9. The van der Waals surface area contributed by atoms with Gasteiger partial charge in [0.2, 0.25) is 0 Å². The van der Waals surface area contributed by atoms with Crippen molar-refractivity contribution in [3.63, 3.8) is 0 Å². The van der Waals surface area contributed by atoms with Crippen LogP contribution in [-0.2, 0) is 9.05 Å². The Morgan fingerprint density at radius 3 is 1.84 bits per heavy atom. The second-order valence-corrected chi connectivity index (χ2v) is 7.13. The van der Waals surface area contributed by atoms with Gasteiger partial charge in [-0.25, -0.2) is 8.42 Å². The van der Waals surface area contributed by atoms with E-state index >= 15 is 0 Å². The van der Waals surface area contributed by atoms with Crippen LogP contribution in [0, 0.1) is 0 Å². The van der Waals surface area contributed by atoms with Gasteiger partial charge in [0.15, 0.2) is 0 Å². The Kier molecular flexibility index (Phi) is 4.39. The molecule has 100 valence electrons. The number of hydrogen-bond acceptors (Lipinski definition) is 4. The monoisotopic (exact) mass is 314 g/mol. The molecule has 0 aliphatic heterocycles. The molecule has 19 heavy (non-hydrogen) atoms. The molecule has 0 amide bonds. The minimum Gasteiger partial charge on any atom is -0.457 e. The molecule has 0 aliphatic carbocycles. The summed E-state index contributed by atoms with van der Waals surface area (Å²) in [6.45, 7) is 0. The third kappa shape index (κ3) is 3.89. The van der Waals surface area contributed by atoms with Crippen LogP contribution in [0.4, 0.5) is 0 Å². The van der Waals surface area contributed by atoms with E-state index < -0.39 is 9.05 Å². The van der Waals surface area contributed by atoms with Crippen molar-refractivity contribution in [1.82, 2.24) is 0 Å². The molecule has 6 heteroatoms. The largest absolute Gasteiger partial charge is 0.457 e. The highest BCUT2D eigenvalue weighted by Crippen LogP contribution is 2.25. The lowest BCUT2D eigenvalue weighted by Crippen LogP contribution is -1.90. The summed E-state index contributed by atoms with van der Waals surface area (Å²) in [5.74, 6) is 1.25. The number of rotatable bonds is 4. The zero-order valence-electron chi connectivity index (χ0n) is 10.0. The SMILES string of the molecule is CSc1ccc(Oc2ccc(S(=O)(=O)Cl)cc2)cc1. The first-order chi connectivity index (χ1) is 8.99. The minimum atomic E-state index is -3.69. The Morgan fingerprint density at radius 2 is 1.42 bits per heavy atom. The van der Waals surface area contributed by atoms with E-state index in [1.165, 1.54) is 12.1 Å². The van der Waals surface area contributed by atoms with E-state index in [1.54, 1.807) is 23.9 Å². The molecule has 0 saturated carbocycles. The van der Waals surface area contributed by atoms with E-state index in [9.17, 15) is 8.42 Å². The third-order valence-corrected chi connectivity index (χ3v) is 4.51. The molecule has 0 aliphatic rings. The molecule has 0 spiro atoms. The molecule has 0 bridgehead atoms. The number of thioether (sulfide) groups is 1. The summed E-state index contributed by atoms with van der Waals surface area (Å²) in [6, 6.07) is 13.6. The fourth-order valence-electron chi connectivity index (χ4n) is 1.45. The maximum Gasteiger partial charge on any atom is 0.261 e. The average molecular weight is 315 g/mol. The van der Waals surface area contributed by atoms with Crippen molar-refractivity contribution < 1.29 is 13.2 Å². The van der Waals surface area contributed by atoms with Crippen LogP contribution < -0.4 is 4.74 Å². The van der Waals surface area contributed by atoms with Gasteiger partial charge in [0.1, 0.15) is 11.5 Å². The summed E-state index contributed by atoms with van der Waals surface area (Å²) in [7, 11) is 1.55. The van der Waals surface area contributed by atoms with Crippen molar-refractivity contribution in [3.05, 3.63) is 48.5 Å². The van der Waals surface area contributed by atoms with Crippen LogP contribution in [0.1, 0.15) is 0 Å². The molecule has 0 radical (unpaired) electrons. The third-order valence-electron chi connectivity index (χ3n) is 2.40. The lowest BCUT2D eigenvalue weighted by atomic mass is 10.3. The number of halogens is 1. The van der Waals surface area contributed by atoms with Crippen LogP contribution in [0.2, 0.25) is 0 Å². The van der Waals surface area contributed by atoms with Gasteiger partial charge in [0.25, 0.3) is 9.05 Å². The first kappa shape index (κ1) is 14.2. The first-order valence-electron chi connectivity index (χ1n) is 5.36. The van der Waals surface area contributed by atoms with E-state index in [-0.39, 0.29) is 4.90 Å². The standard InChI is InChI=1S/C13H11ClO3S2/c1-18-12-6-2-10(3-7-12)17-11-4-8-13(9-5-11)19(14,15)16/h2-9H,1H3.